The second-order valence-electron chi connectivity index (χ2n) is 6.66. The van der Waals surface area contributed by atoms with E-state index in [0.717, 1.165) is 21.9 Å². The van der Waals surface area contributed by atoms with Gasteiger partial charge in [0.1, 0.15) is 5.15 Å². The molecule has 130 valence electrons. The summed E-state index contributed by atoms with van der Waals surface area (Å²) in [7, 11) is 0. The predicted molar refractivity (Wildman–Crippen MR) is 100 cm³/mol. The maximum atomic E-state index is 12.5. The molecule has 1 atom stereocenters. The zero-order valence-corrected chi connectivity index (χ0v) is 15.4. The maximum absolute atomic E-state index is 12.5. The number of nitrogens with one attached hydrogen (secondary N) is 1. The largest absolute Gasteiger partial charge is 0.348 e. The standard InChI is InChI=1S/C19H20ClN3OS/c20-18-6-5-16(11-21-18)25-15-3-1-14(2-4-15)19(24)22-17-12-23-9-7-13(17)8-10-23/h1-6,11,13,17H,7-10,12H2,(H,22,24)/t17-/m0/s1. The van der Waals surface area contributed by atoms with Crippen molar-refractivity contribution in [2.45, 2.75) is 28.7 Å². The smallest absolute Gasteiger partial charge is 0.251 e. The lowest BCUT2D eigenvalue weighted by atomic mass is 9.84. The van der Waals surface area contributed by atoms with E-state index in [1.54, 1.807) is 24.0 Å². The van der Waals surface area contributed by atoms with Crippen LogP contribution in [0.1, 0.15) is 23.2 Å². The zero-order valence-electron chi connectivity index (χ0n) is 13.8. The number of pyridine rings is 1. The molecule has 4 nitrogen and oxygen atoms in total. The van der Waals surface area contributed by atoms with Gasteiger partial charge in [-0.15, -0.1) is 0 Å². The van der Waals surface area contributed by atoms with Gasteiger partial charge in [0, 0.05) is 34.1 Å². The number of rotatable bonds is 4. The van der Waals surface area contributed by atoms with E-state index in [4.69, 9.17) is 11.6 Å². The Morgan fingerprint density at radius 3 is 2.44 bits per heavy atom. The molecule has 6 heteroatoms. The van der Waals surface area contributed by atoms with Crippen molar-refractivity contribution in [1.82, 2.24) is 15.2 Å². The van der Waals surface area contributed by atoms with Crippen molar-refractivity contribution in [1.29, 1.82) is 0 Å². The van der Waals surface area contributed by atoms with E-state index in [0.29, 0.717) is 17.1 Å². The van der Waals surface area contributed by atoms with E-state index in [2.05, 4.69) is 15.2 Å². The number of carbonyl (C=O) groups excluding carboxylic acids is 1. The Morgan fingerprint density at radius 2 is 1.84 bits per heavy atom. The lowest BCUT2D eigenvalue weighted by Gasteiger charge is -2.44. The van der Waals surface area contributed by atoms with Crippen LogP contribution in [-0.2, 0) is 0 Å². The third-order valence-corrected chi connectivity index (χ3v) is 6.23. The van der Waals surface area contributed by atoms with Crippen LogP contribution in [0.25, 0.3) is 0 Å². The minimum Gasteiger partial charge on any atom is -0.348 e. The SMILES string of the molecule is O=C(N[C@H]1CN2CCC1CC2)c1ccc(Sc2ccc(Cl)nc2)cc1. The first kappa shape index (κ1) is 16.9. The molecular formula is C19H20ClN3OS. The summed E-state index contributed by atoms with van der Waals surface area (Å²) < 4.78 is 0. The van der Waals surface area contributed by atoms with Gasteiger partial charge in [-0.05, 0) is 68.2 Å². The average molecular weight is 374 g/mol. The van der Waals surface area contributed by atoms with E-state index in [-0.39, 0.29) is 5.91 Å². The highest BCUT2D eigenvalue weighted by atomic mass is 35.5. The van der Waals surface area contributed by atoms with Crippen LogP contribution in [0.5, 0.6) is 0 Å². The summed E-state index contributed by atoms with van der Waals surface area (Å²) in [6.45, 7) is 3.36. The predicted octanol–water partition coefficient (Wildman–Crippen LogP) is 3.71. The summed E-state index contributed by atoms with van der Waals surface area (Å²) in [6, 6.07) is 11.7. The highest BCUT2D eigenvalue weighted by Crippen LogP contribution is 2.29. The molecule has 1 aromatic carbocycles. The Labute approximate surface area is 157 Å². The van der Waals surface area contributed by atoms with Crippen LogP contribution in [0.15, 0.2) is 52.4 Å². The molecule has 0 aliphatic carbocycles. The number of fused-ring (bicyclic) bond motifs is 3. The molecule has 0 unspecified atom stereocenters. The van der Waals surface area contributed by atoms with Crippen molar-refractivity contribution < 1.29 is 4.79 Å². The molecule has 2 bridgehead atoms. The van der Waals surface area contributed by atoms with E-state index in [1.165, 1.54) is 25.9 Å². The van der Waals surface area contributed by atoms with Gasteiger partial charge in [-0.2, -0.15) is 0 Å². The van der Waals surface area contributed by atoms with Gasteiger partial charge >= 0.3 is 0 Å². The fourth-order valence-corrected chi connectivity index (χ4v) is 4.51. The molecule has 4 heterocycles. The van der Waals surface area contributed by atoms with Crippen LogP contribution in [0.4, 0.5) is 0 Å². The molecule has 3 aliphatic heterocycles. The molecule has 3 fully saturated rings. The van der Waals surface area contributed by atoms with Crippen LogP contribution < -0.4 is 5.32 Å². The zero-order chi connectivity index (χ0) is 17.2. The normalized spacial score (nSPS) is 24.9. The summed E-state index contributed by atoms with van der Waals surface area (Å²) in [4.78, 5) is 21.2. The molecule has 1 aromatic heterocycles. The molecular weight excluding hydrogens is 354 g/mol. The molecule has 25 heavy (non-hydrogen) atoms. The van der Waals surface area contributed by atoms with Gasteiger partial charge < -0.3 is 10.2 Å². The Kier molecular flexibility index (Phi) is 4.97. The molecule has 2 aromatic rings. The van der Waals surface area contributed by atoms with Crippen molar-refractivity contribution >= 4 is 29.3 Å². The van der Waals surface area contributed by atoms with Crippen molar-refractivity contribution in [3.8, 4) is 0 Å². The fourth-order valence-electron chi connectivity index (χ4n) is 3.61. The first-order chi connectivity index (χ1) is 12.2. The highest BCUT2D eigenvalue weighted by molar-refractivity contribution is 7.99. The van der Waals surface area contributed by atoms with E-state index in [1.807, 2.05) is 30.3 Å². The molecule has 0 saturated carbocycles. The number of hydrogen-bond acceptors (Lipinski definition) is 4. The molecule has 3 aliphatic rings. The van der Waals surface area contributed by atoms with Crippen molar-refractivity contribution in [3.05, 3.63) is 53.3 Å². The number of amides is 1. The molecule has 3 saturated heterocycles. The Morgan fingerprint density at radius 1 is 1.12 bits per heavy atom. The third kappa shape index (κ3) is 4.00. The topological polar surface area (TPSA) is 45.2 Å². The van der Waals surface area contributed by atoms with E-state index in [9.17, 15) is 4.79 Å². The summed E-state index contributed by atoms with van der Waals surface area (Å²) in [5.74, 6) is 0.671. The molecule has 1 amide bonds. The Bertz CT molecular complexity index is 742. The number of nitrogens with zero attached hydrogens (tertiary/aromatic N) is 2. The van der Waals surface area contributed by atoms with Crippen LogP contribution >= 0.6 is 23.4 Å². The monoisotopic (exact) mass is 373 g/mol. The summed E-state index contributed by atoms with van der Waals surface area (Å²) in [5, 5.41) is 3.72. The molecule has 0 spiro atoms. The minimum atomic E-state index is 0.0310. The number of carbonyl (C=O) groups is 1. The second-order valence-corrected chi connectivity index (χ2v) is 8.20. The van der Waals surface area contributed by atoms with Crippen molar-refractivity contribution in [3.63, 3.8) is 0 Å². The fraction of sp³-hybridized carbons (Fsp3) is 0.368. The lowest BCUT2D eigenvalue weighted by Crippen LogP contribution is -2.57. The third-order valence-electron chi connectivity index (χ3n) is 5.03. The quantitative estimate of drug-likeness (QED) is 0.830. The van der Waals surface area contributed by atoms with Gasteiger partial charge in [-0.1, -0.05) is 23.4 Å². The van der Waals surface area contributed by atoms with E-state index >= 15 is 0 Å². The number of piperidine rings is 3. The van der Waals surface area contributed by atoms with Crippen LogP contribution in [0, 0.1) is 5.92 Å². The summed E-state index contributed by atoms with van der Waals surface area (Å²) in [5.41, 5.74) is 0.718. The maximum Gasteiger partial charge on any atom is 0.251 e. The number of hydrogen-bond donors (Lipinski definition) is 1. The molecule has 1 N–H and O–H groups in total. The molecule has 0 radical (unpaired) electrons. The summed E-state index contributed by atoms with van der Waals surface area (Å²) >= 11 is 7.41. The van der Waals surface area contributed by atoms with Gasteiger partial charge in [-0.25, -0.2) is 4.98 Å². The second kappa shape index (κ2) is 7.36. The average Bonchev–Trinajstić information content (AvgIpc) is 2.65. The van der Waals surface area contributed by atoms with Gasteiger partial charge in [0.25, 0.3) is 5.91 Å². The van der Waals surface area contributed by atoms with Gasteiger partial charge in [0.15, 0.2) is 0 Å². The van der Waals surface area contributed by atoms with Crippen LogP contribution in [0.3, 0.4) is 0 Å². The number of halogens is 1. The van der Waals surface area contributed by atoms with Gasteiger partial charge in [-0.3, -0.25) is 4.79 Å². The summed E-state index contributed by atoms with van der Waals surface area (Å²) in [6.07, 6.45) is 4.16. The Balaban J connectivity index is 1.38. The number of aromatic nitrogens is 1. The lowest BCUT2D eigenvalue weighted by molar-refractivity contribution is 0.0620. The van der Waals surface area contributed by atoms with Gasteiger partial charge in [0.05, 0.1) is 0 Å². The first-order valence-corrected chi connectivity index (χ1v) is 9.79. The van der Waals surface area contributed by atoms with Crippen LogP contribution in [-0.4, -0.2) is 41.5 Å². The Hall–Kier alpha value is -1.56. The number of benzene rings is 1. The highest BCUT2D eigenvalue weighted by Gasteiger charge is 2.34. The van der Waals surface area contributed by atoms with Crippen LogP contribution in [0.2, 0.25) is 5.15 Å². The van der Waals surface area contributed by atoms with Crippen molar-refractivity contribution in [2.24, 2.45) is 5.92 Å². The first-order valence-electron chi connectivity index (χ1n) is 8.60. The minimum absolute atomic E-state index is 0.0310. The van der Waals surface area contributed by atoms with E-state index < -0.39 is 0 Å². The van der Waals surface area contributed by atoms with Gasteiger partial charge in [0.2, 0.25) is 0 Å². The van der Waals surface area contributed by atoms with Crippen molar-refractivity contribution in [2.75, 3.05) is 19.6 Å². The molecule has 5 rings (SSSR count).